The van der Waals surface area contributed by atoms with Gasteiger partial charge < -0.3 is 9.88 Å². The quantitative estimate of drug-likeness (QED) is 0.517. The Morgan fingerprint density at radius 3 is 2.64 bits per heavy atom. The van der Waals surface area contributed by atoms with Crippen molar-refractivity contribution in [3.8, 4) is 0 Å². The van der Waals surface area contributed by atoms with Crippen molar-refractivity contribution in [1.82, 2.24) is 33.4 Å². The van der Waals surface area contributed by atoms with Gasteiger partial charge in [-0.25, -0.2) is 19.3 Å². The molecule has 0 aliphatic rings. The minimum atomic E-state index is -0.608. The minimum Gasteiger partial charge on any atom is -0.328 e. The molecule has 0 radical (unpaired) electrons. The average molecular weight is 382 g/mol. The zero-order chi connectivity index (χ0) is 20.2. The Hall–Kier alpha value is -3.76. The van der Waals surface area contributed by atoms with Gasteiger partial charge >= 0.3 is 5.69 Å². The molecule has 4 aromatic rings. The molecular weight excluding hydrogens is 364 g/mol. The van der Waals surface area contributed by atoms with Crippen LogP contribution < -0.4 is 16.6 Å². The second kappa shape index (κ2) is 6.15. The Bertz CT molecular complexity index is 1370. The van der Waals surface area contributed by atoms with E-state index in [0.29, 0.717) is 11.3 Å². The third-order valence-corrected chi connectivity index (χ3v) is 4.65. The molecular formula is C17H18N8O3. The first-order valence-electron chi connectivity index (χ1n) is 8.48. The number of nitrogens with one attached hydrogen (secondary N) is 1. The van der Waals surface area contributed by atoms with Gasteiger partial charge in [0, 0.05) is 26.5 Å². The molecule has 1 amide bonds. The van der Waals surface area contributed by atoms with Crippen LogP contribution in [-0.4, -0.2) is 39.4 Å². The molecule has 0 spiro atoms. The maximum absolute atomic E-state index is 12.7. The van der Waals surface area contributed by atoms with Gasteiger partial charge in [0.15, 0.2) is 16.8 Å². The number of anilines is 1. The van der Waals surface area contributed by atoms with E-state index in [2.05, 4.69) is 20.4 Å². The SMILES string of the molecule is Cc1nn(C)c2ncc(NC(=O)Cn3c(=O)c4c(ncn4C)n(C)c3=O)cc12. The van der Waals surface area contributed by atoms with E-state index in [9.17, 15) is 14.4 Å². The lowest BCUT2D eigenvalue weighted by Crippen LogP contribution is -2.42. The van der Waals surface area contributed by atoms with Crippen molar-refractivity contribution in [2.24, 2.45) is 21.1 Å². The number of fused-ring (bicyclic) bond motifs is 2. The number of carbonyl (C=O) groups is 1. The van der Waals surface area contributed by atoms with Gasteiger partial charge in [-0.3, -0.25) is 18.8 Å². The number of aromatic nitrogens is 7. The van der Waals surface area contributed by atoms with E-state index in [1.54, 1.807) is 24.8 Å². The van der Waals surface area contributed by atoms with Gasteiger partial charge in [0.05, 0.1) is 23.9 Å². The highest BCUT2D eigenvalue weighted by Crippen LogP contribution is 2.19. The summed E-state index contributed by atoms with van der Waals surface area (Å²) in [6, 6.07) is 1.76. The molecule has 0 aliphatic heterocycles. The number of hydrogen-bond acceptors (Lipinski definition) is 6. The third-order valence-electron chi connectivity index (χ3n) is 4.65. The lowest BCUT2D eigenvalue weighted by molar-refractivity contribution is -0.116. The highest BCUT2D eigenvalue weighted by molar-refractivity contribution is 5.93. The zero-order valence-electron chi connectivity index (χ0n) is 15.8. The van der Waals surface area contributed by atoms with Crippen LogP contribution in [0.5, 0.6) is 0 Å². The Labute approximate surface area is 157 Å². The standard InChI is InChI=1S/C17H18N8O3/c1-9-11-5-10(6-18-14(11)24(4)21-9)20-12(26)7-25-16(27)13-15(19-8-22(13)2)23(3)17(25)28/h5-6,8H,7H2,1-4H3,(H,20,26). The monoisotopic (exact) mass is 382 g/mol. The van der Waals surface area contributed by atoms with Crippen molar-refractivity contribution in [1.29, 1.82) is 0 Å². The molecule has 0 unspecified atom stereocenters. The molecule has 0 bridgehead atoms. The third kappa shape index (κ3) is 2.59. The number of nitrogens with zero attached hydrogens (tertiary/aromatic N) is 7. The molecule has 4 aromatic heterocycles. The summed E-state index contributed by atoms with van der Waals surface area (Å²) in [6.07, 6.45) is 2.96. The van der Waals surface area contributed by atoms with Gasteiger partial charge in [-0.1, -0.05) is 0 Å². The number of imidazole rings is 1. The molecule has 11 nitrogen and oxygen atoms in total. The number of aryl methyl sites for hydroxylation is 4. The largest absolute Gasteiger partial charge is 0.332 e. The summed E-state index contributed by atoms with van der Waals surface area (Å²) in [5, 5.41) is 7.78. The van der Waals surface area contributed by atoms with Gasteiger partial charge in [-0.2, -0.15) is 5.10 Å². The predicted molar refractivity (Wildman–Crippen MR) is 102 cm³/mol. The summed E-state index contributed by atoms with van der Waals surface area (Å²) < 4.78 is 5.31. The summed E-state index contributed by atoms with van der Waals surface area (Å²) in [6.45, 7) is 1.43. The summed E-state index contributed by atoms with van der Waals surface area (Å²) in [4.78, 5) is 46.0. The number of amides is 1. The average Bonchev–Trinajstić information content (AvgIpc) is 3.17. The highest BCUT2D eigenvalue weighted by atomic mass is 16.2. The van der Waals surface area contributed by atoms with Gasteiger partial charge in [0.1, 0.15) is 6.54 Å². The van der Waals surface area contributed by atoms with Gasteiger partial charge in [-0.05, 0) is 13.0 Å². The van der Waals surface area contributed by atoms with E-state index < -0.39 is 23.7 Å². The normalized spacial score (nSPS) is 11.4. The summed E-state index contributed by atoms with van der Waals surface area (Å²) >= 11 is 0. The van der Waals surface area contributed by atoms with Crippen molar-refractivity contribution < 1.29 is 4.79 Å². The summed E-state index contributed by atoms with van der Waals surface area (Å²) in [5.41, 5.74) is 1.29. The first-order valence-corrected chi connectivity index (χ1v) is 8.48. The molecule has 1 N–H and O–H groups in total. The topological polar surface area (TPSA) is 122 Å². The maximum Gasteiger partial charge on any atom is 0.332 e. The highest BCUT2D eigenvalue weighted by Gasteiger charge is 2.17. The van der Waals surface area contributed by atoms with Crippen LogP contribution in [-0.2, 0) is 32.5 Å². The molecule has 144 valence electrons. The van der Waals surface area contributed by atoms with E-state index in [1.807, 2.05) is 6.92 Å². The van der Waals surface area contributed by atoms with E-state index in [-0.39, 0.29) is 11.2 Å². The molecule has 11 heteroatoms. The molecule has 0 atom stereocenters. The predicted octanol–water partition coefficient (Wildman–Crippen LogP) is -0.337. The van der Waals surface area contributed by atoms with Crippen LogP contribution in [0.25, 0.3) is 22.2 Å². The first-order chi connectivity index (χ1) is 13.3. The van der Waals surface area contributed by atoms with E-state index in [1.165, 1.54) is 28.7 Å². The van der Waals surface area contributed by atoms with Crippen molar-refractivity contribution in [2.75, 3.05) is 5.32 Å². The van der Waals surface area contributed by atoms with Crippen molar-refractivity contribution in [2.45, 2.75) is 13.5 Å². The van der Waals surface area contributed by atoms with Crippen molar-refractivity contribution in [3.63, 3.8) is 0 Å². The van der Waals surface area contributed by atoms with E-state index in [0.717, 1.165) is 15.6 Å². The Morgan fingerprint density at radius 2 is 1.89 bits per heavy atom. The molecule has 28 heavy (non-hydrogen) atoms. The first kappa shape index (κ1) is 17.6. The van der Waals surface area contributed by atoms with Crippen molar-refractivity contribution in [3.05, 3.63) is 45.1 Å². The second-order valence-electron chi connectivity index (χ2n) is 6.61. The zero-order valence-corrected chi connectivity index (χ0v) is 15.8. The summed E-state index contributed by atoms with van der Waals surface area (Å²) in [7, 11) is 4.95. The van der Waals surface area contributed by atoms with Gasteiger partial charge in [0.25, 0.3) is 5.56 Å². The number of pyridine rings is 1. The Balaban J connectivity index is 1.68. The fourth-order valence-corrected chi connectivity index (χ4v) is 3.26. The fraction of sp³-hybridized carbons (Fsp3) is 0.294. The molecule has 0 saturated heterocycles. The van der Waals surface area contributed by atoms with Crippen molar-refractivity contribution >= 4 is 33.8 Å². The Kier molecular flexibility index (Phi) is 3.87. The fourth-order valence-electron chi connectivity index (χ4n) is 3.26. The smallest absolute Gasteiger partial charge is 0.328 e. The lowest BCUT2D eigenvalue weighted by atomic mass is 10.2. The maximum atomic E-state index is 12.7. The van der Waals surface area contributed by atoms with Crippen LogP contribution in [0.15, 0.2) is 28.2 Å². The summed E-state index contributed by atoms with van der Waals surface area (Å²) in [5.74, 6) is -0.511. The van der Waals surface area contributed by atoms with E-state index >= 15 is 0 Å². The molecule has 0 aromatic carbocycles. The van der Waals surface area contributed by atoms with Crippen LogP contribution in [0.2, 0.25) is 0 Å². The van der Waals surface area contributed by atoms with Crippen LogP contribution in [0, 0.1) is 6.92 Å². The lowest BCUT2D eigenvalue weighted by Gasteiger charge is -2.09. The van der Waals surface area contributed by atoms with Gasteiger partial charge in [-0.15, -0.1) is 0 Å². The van der Waals surface area contributed by atoms with Gasteiger partial charge in [0.2, 0.25) is 5.91 Å². The number of hydrogen-bond donors (Lipinski definition) is 1. The molecule has 0 aliphatic carbocycles. The van der Waals surface area contributed by atoms with E-state index in [4.69, 9.17) is 0 Å². The molecule has 0 saturated carbocycles. The molecule has 4 rings (SSSR count). The van der Waals surface area contributed by atoms with Crippen LogP contribution in [0.4, 0.5) is 5.69 Å². The second-order valence-corrected chi connectivity index (χ2v) is 6.61. The molecule has 0 fully saturated rings. The Morgan fingerprint density at radius 1 is 1.14 bits per heavy atom. The minimum absolute atomic E-state index is 0.254. The van der Waals surface area contributed by atoms with Crippen LogP contribution in [0.3, 0.4) is 0 Å². The van der Waals surface area contributed by atoms with Crippen LogP contribution >= 0.6 is 0 Å². The van der Waals surface area contributed by atoms with Crippen LogP contribution in [0.1, 0.15) is 5.69 Å². The number of carbonyl (C=O) groups excluding carboxylic acids is 1. The molecule has 4 heterocycles. The number of rotatable bonds is 3.